The van der Waals surface area contributed by atoms with Crippen molar-refractivity contribution in [3.8, 4) is 0 Å². The first kappa shape index (κ1) is 13.4. The Morgan fingerprint density at radius 1 is 1.20 bits per heavy atom. The van der Waals surface area contributed by atoms with Gasteiger partial charge in [-0.15, -0.1) is 0 Å². The molecule has 0 saturated heterocycles. The minimum atomic E-state index is 0.365. The lowest BCUT2D eigenvalue weighted by molar-refractivity contribution is 0.560. The maximum atomic E-state index is 4.40. The summed E-state index contributed by atoms with van der Waals surface area (Å²) in [5.74, 6) is 0. The second-order valence-corrected chi connectivity index (χ2v) is 5.82. The average molecular weight is 269 g/mol. The molecule has 0 saturated carbocycles. The lowest BCUT2D eigenvalue weighted by Crippen LogP contribution is -2.19. The molecular formula is C17H23N3. The van der Waals surface area contributed by atoms with Crippen molar-refractivity contribution in [1.82, 2.24) is 15.1 Å². The van der Waals surface area contributed by atoms with Crippen LogP contribution in [0.3, 0.4) is 0 Å². The molecule has 1 heterocycles. The Hall–Kier alpha value is -1.61. The number of aromatic nitrogens is 2. The molecule has 3 heteroatoms. The largest absolute Gasteiger partial charge is 0.304 e. The van der Waals surface area contributed by atoms with Gasteiger partial charge in [0.25, 0.3) is 0 Å². The summed E-state index contributed by atoms with van der Waals surface area (Å²) in [6, 6.07) is 9.42. The van der Waals surface area contributed by atoms with E-state index in [1.807, 2.05) is 17.9 Å². The molecule has 0 fully saturated rings. The van der Waals surface area contributed by atoms with Crippen LogP contribution >= 0.6 is 0 Å². The van der Waals surface area contributed by atoms with Gasteiger partial charge in [-0.05, 0) is 55.4 Å². The van der Waals surface area contributed by atoms with Gasteiger partial charge in [0, 0.05) is 25.8 Å². The van der Waals surface area contributed by atoms with Crippen LogP contribution < -0.4 is 5.32 Å². The lowest BCUT2D eigenvalue weighted by Gasteiger charge is -2.19. The fourth-order valence-corrected chi connectivity index (χ4v) is 2.96. The van der Waals surface area contributed by atoms with E-state index in [0.717, 1.165) is 12.2 Å². The van der Waals surface area contributed by atoms with Crippen LogP contribution in [-0.4, -0.2) is 9.78 Å². The summed E-state index contributed by atoms with van der Waals surface area (Å²) < 4.78 is 1.85. The molecule has 1 aromatic carbocycles. The van der Waals surface area contributed by atoms with Crippen LogP contribution in [0.4, 0.5) is 0 Å². The summed E-state index contributed by atoms with van der Waals surface area (Å²) in [7, 11) is 1.95. The molecule has 3 rings (SSSR count). The lowest BCUT2D eigenvalue weighted by atomic mass is 9.89. The first-order valence-corrected chi connectivity index (χ1v) is 7.56. The number of fused-ring (bicyclic) bond motifs is 1. The van der Waals surface area contributed by atoms with Crippen molar-refractivity contribution in [3.63, 3.8) is 0 Å². The van der Waals surface area contributed by atoms with E-state index in [-0.39, 0.29) is 0 Å². The molecule has 2 aromatic rings. The van der Waals surface area contributed by atoms with Crippen LogP contribution in [0.25, 0.3) is 0 Å². The predicted octanol–water partition coefficient (Wildman–Crippen LogP) is 3.15. The topological polar surface area (TPSA) is 29.9 Å². The van der Waals surface area contributed by atoms with Crippen LogP contribution in [0.15, 0.2) is 30.5 Å². The third-order valence-electron chi connectivity index (χ3n) is 4.23. The molecule has 0 spiro atoms. The van der Waals surface area contributed by atoms with Crippen molar-refractivity contribution in [3.05, 3.63) is 52.8 Å². The number of hydrogen-bond acceptors (Lipinski definition) is 2. The second kappa shape index (κ2) is 5.80. The van der Waals surface area contributed by atoms with Crippen molar-refractivity contribution in [2.75, 3.05) is 0 Å². The standard InChI is InChI=1S/C17H23N3/c1-13(18-12-17-9-10-20(2)19-17)15-8-7-14-5-3-4-6-16(14)11-15/h7-11,13,18H,3-6,12H2,1-2H3. The number of benzene rings is 1. The molecule has 1 aliphatic rings. The van der Waals surface area contributed by atoms with Crippen molar-refractivity contribution in [2.24, 2.45) is 7.05 Å². The SMILES string of the molecule is CC(NCc1ccn(C)n1)c1ccc2c(c1)CCCC2. The molecule has 0 aliphatic heterocycles. The number of hydrogen-bond donors (Lipinski definition) is 1. The fourth-order valence-electron chi connectivity index (χ4n) is 2.96. The third-order valence-corrected chi connectivity index (χ3v) is 4.23. The Bertz CT molecular complexity index is 586. The second-order valence-electron chi connectivity index (χ2n) is 5.82. The zero-order valence-electron chi connectivity index (χ0n) is 12.4. The minimum absolute atomic E-state index is 0.365. The van der Waals surface area contributed by atoms with E-state index in [0.29, 0.717) is 6.04 Å². The van der Waals surface area contributed by atoms with E-state index >= 15 is 0 Å². The van der Waals surface area contributed by atoms with Gasteiger partial charge in [-0.3, -0.25) is 4.68 Å². The first-order chi connectivity index (χ1) is 9.72. The summed E-state index contributed by atoms with van der Waals surface area (Å²) in [6.07, 6.45) is 7.17. The molecule has 1 aliphatic carbocycles. The quantitative estimate of drug-likeness (QED) is 0.924. The minimum Gasteiger partial charge on any atom is -0.304 e. The zero-order chi connectivity index (χ0) is 13.9. The van der Waals surface area contributed by atoms with Gasteiger partial charge in [0.2, 0.25) is 0 Å². The van der Waals surface area contributed by atoms with Crippen LogP contribution in [0, 0.1) is 0 Å². The summed E-state index contributed by atoms with van der Waals surface area (Å²) >= 11 is 0. The zero-order valence-corrected chi connectivity index (χ0v) is 12.4. The average Bonchev–Trinajstić information content (AvgIpc) is 2.90. The Kier molecular flexibility index (Phi) is 3.88. The number of nitrogens with one attached hydrogen (secondary N) is 1. The number of aryl methyl sites for hydroxylation is 3. The number of rotatable bonds is 4. The molecule has 1 aromatic heterocycles. The third kappa shape index (κ3) is 2.93. The number of nitrogens with zero attached hydrogens (tertiary/aromatic N) is 2. The van der Waals surface area contributed by atoms with Gasteiger partial charge in [-0.1, -0.05) is 18.2 Å². The molecule has 0 bridgehead atoms. The van der Waals surface area contributed by atoms with E-state index in [4.69, 9.17) is 0 Å². The van der Waals surface area contributed by atoms with Crippen molar-refractivity contribution < 1.29 is 0 Å². The monoisotopic (exact) mass is 269 g/mol. The molecule has 1 atom stereocenters. The fraction of sp³-hybridized carbons (Fsp3) is 0.471. The van der Waals surface area contributed by atoms with Gasteiger partial charge < -0.3 is 5.32 Å². The van der Waals surface area contributed by atoms with Gasteiger partial charge in [0.05, 0.1) is 5.69 Å². The molecule has 106 valence electrons. The first-order valence-electron chi connectivity index (χ1n) is 7.56. The van der Waals surface area contributed by atoms with Gasteiger partial charge in [0.1, 0.15) is 0 Å². The molecule has 1 unspecified atom stereocenters. The molecule has 0 radical (unpaired) electrons. The van der Waals surface area contributed by atoms with E-state index in [9.17, 15) is 0 Å². The van der Waals surface area contributed by atoms with E-state index < -0.39 is 0 Å². The summed E-state index contributed by atoms with van der Waals surface area (Å²) in [4.78, 5) is 0. The van der Waals surface area contributed by atoms with Crippen LogP contribution in [0.2, 0.25) is 0 Å². The van der Waals surface area contributed by atoms with Crippen LogP contribution in [0.5, 0.6) is 0 Å². The van der Waals surface area contributed by atoms with Gasteiger partial charge in [0.15, 0.2) is 0 Å². The summed E-state index contributed by atoms with van der Waals surface area (Å²) in [5.41, 5.74) is 5.59. The smallest absolute Gasteiger partial charge is 0.0762 e. The molecule has 1 N–H and O–H groups in total. The Morgan fingerprint density at radius 3 is 2.75 bits per heavy atom. The van der Waals surface area contributed by atoms with Crippen LogP contribution in [-0.2, 0) is 26.4 Å². The highest BCUT2D eigenvalue weighted by atomic mass is 15.3. The van der Waals surface area contributed by atoms with Crippen molar-refractivity contribution in [1.29, 1.82) is 0 Å². The van der Waals surface area contributed by atoms with Crippen molar-refractivity contribution in [2.45, 2.75) is 45.2 Å². The summed E-state index contributed by atoms with van der Waals surface area (Å²) in [6.45, 7) is 3.05. The molecule has 20 heavy (non-hydrogen) atoms. The van der Waals surface area contributed by atoms with E-state index in [2.05, 4.69) is 41.6 Å². The highest BCUT2D eigenvalue weighted by Crippen LogP contribution is 2.24. The predicted molar refractivity (Wildman–Crippen MR) is 81.5 cm³/mol. The molecule has 0 amide bonds. The van der Waals surface area contributed by atoms with Gasteiger partial charge in [-0.2, -0.15) is 5.10 Å². The summed E-state index contributed by atoms with van der Waals surface area (Å²) in [5, 5.41) is 7.96. The van der Waals surface area contributed by atoms with Crippen LogP contribution in [0.1, 0.15) is 48.2 Å². The van der Waals surface area contributed by atoms with E-state index in [1.165, 1.54) is 31.2 Å². The highest BCUT2D eigenvalue weighted by molar-refractivity contribution is 5.35. The van der Waals surface area contributed by atoms with Gasteiger partial charge in [-0.25, -0.2) is 0 Å². The highest BCUT2D eigenvalue weighted by Gasteiger charge is 2.12. The Balaban J connectivity index is 1.66. The molecular weight excluding hydrogens is 246 g/mol. The van der Waals surface area contributed by atoms with Gasteiger partial charge >= 0.3 is 0 Å². The maximum absolute atomic E-state index is 4.40. The Morgan fingerprint density at radius 2 is 2.00 bits per heavy atom. The normalized spacial score (nSPS) is 15.9. The molecule has 3 nitrogen and oxygen atoms in total. The Labute approximate surface area is 121 Å². The maximum Gasteiger partial charge on any atom is 0.0762 e. The van der Waals surface area contributed by atoms with E-state index in [1.54, 1.807) is 11.1 Å². The van der Waals surface area contributed by atoms with Crippen molar-refractivity contribution >= 4 is 0 Å².